The van der Waals surface area contributed by atoms with E-state index in [0.717, 1.165) is 30.1 Å². The predicted octanol–water partition coefficient (Wildman–Crippen LogP) is 1.08. The molecule has 1 unspecified atom stereocenters. The zero-order valence-electron chi connectivity index (χ0n) is 11.5. The van der Waals surface area contributed by atoms with E-state index in [4.69, 9.17) is 17.0 Å². The topological polar surface area (TPSA) is 68.9 Å². The molecular formula is C12H21Cl2N3O2S. The van der Waals surface area contributed by atoms with Crippen LogP contribution in [0.3, 0.4) is 0 Å². The third-order valence-corrected chi connectivity index (χ3v) is 3.05. The first kappa shape index (κ1) is 21.6. The van der Waals surface area contributed by atoms with Gasteiger partial charge in [-0.05, 0) is 32.6 Å². The molecule has 116 valence electrons. The van der Waals surface area contributed by atoms with Gasteiger partial charge in [-0.25, -0.2) is 4.98 Å². The number of nitrogens with zero attached hydrogens (tertiary/aromatic N) is 2. The van der Waals surface area contributed by atoms with Gasteiger partial charge in [-0.15, -0.1) is 24.8 Å². The highest BCUT2D eigenvalue weighted by atomic mass is 35.5. The molecule has 5 nitrogen and oxygen atoms in total. The van der Waals surface area contributed by atoms with E-state index in [1.807, 2.05) is 12.1 Å². The highest BCUT2D eigenvalue weighted by Crippen LogP contribution is 2.19. The van der Waals surface area contributed by atoms with Crippen LogP contribution in [0, 0.1) is 0 Å². The number of halogens is 2. The minimum Gasteiger partial charge on any atom is -0.472 e. The van der Waals surface area contributed by atoms with Crippen molar-refractivity contribution in [2.45, 2.75) is 12.5 Å². The quantitative estimate of drug-likeness (QED) is 0.833. The Morgan fingerprint density at radius 1 is 1.45 bits per heavy atom. The maximum Gasteiger partial charge on any atom is 0.224 e. The summed E-state index contributed by atoms with van der Waals surface area (Å²) in [6, 6.07) is 3.81. The molecule has 2 rings (SSSR count). The summed E-state index contributed by atoms with van der Waals surface area (Å²) in [7, 11) is 4.11. The smallest absolute Gasteiger partial charge is 0.224 e. The summed E-state index contributed by atoms with van der Waals surface area (Å²) in [5.41, 5.74) is 0.884. The normalized spacial score (nSPS) is 16.4. The molecule has 1 aromatic rings. The number of ether oxygens (including phenoxy) is 1. The van der Waals surface area contributed by atoms with Gasteiger partial charge in [0.1, 0.15) is 11.1 Å². The lowest BCUT2D eigenvalue weighted by Crippen LogP contribution is -2.33. The Hall–Kier alpha value is -0.660. The number of fused-ring (bicyclic) bond motifs is 1. The molecule has 0 bridgehead atoms. The van der Waals surface area contributed by atoms with Crippen LogP contribution in [-0.2, 0) is 0 Å². The van der Waals surface area contributed by atoms with Crippen LogP contribution in [-0.4, -0.2) is 53.6 Å². The number of aromatic nitrogens is 1. The second-order valence-electron chi connectivity index (χ2n) is 4.40. The maximum atomic E-state index is 5.89. The lowest BCUT2D eigenvalue weighted by molar-refractivity contribution is 0.175. The van der Waals surface area contributed by atoms with E-state index in [1.165, 1.54) is 0 Å². The Balaban J connectivity index is 0. The molecule has 0 saturated carbocycles. The van der Waals surface area contributed by atoms with Crippen molar-refractivity contribution in [3.05, 3.63) is 23.9 Å². The summed E-state index contributed by atoms with van der Waals surface area (Å²) >= 11 is 5.29. The Morgan fingerprint density at radius 3 is 2.80 bits per heavy atom. The van der Waals surface area contributed by atoms with Crippen molar-refractivity contribution in [3.8, 4) is 5.88 Å². The van der Waals surface area contributed by atoms with Crippen molar-refractivity contribution in [1.82, 2.24) is 15.2 Å². The first-order valence-corrected chi connectivity index (χ1v) is 6.12. The molecule has 0 fully saturated rings. The van der Waals surface area contributed by atoms with Crippen LogP contribution in [0.2, 0.25) is 0 Å². The molecular weight excluding hydrogens is 321 g/mol. The highest BCUT2D eigenvalue weighted by molar-refractivity contribution is 7.80. The number of rotatable bonds is 3. The second-order valence-corrected chi connectivity index (χ2v) is 4.81. The number of pyridine rings is 1. The lowest BCUT2D eigenvalue weighted by Gasteiger charge is -2.18. The van der Waals surface area contributed by atoms with Crippen LogP contribution < -0.4 is 10.1 Å². The highest BCUT2D eigenvalue weighted by Gasteiger charge is 2.20. The SMILES string of the molecule is CN(C)CCC1CNC(=S)c2cccnc2O1.Cl.Cl.O. The third kappa shape index (κ3) is 5.76. The first-order chi connectivity index (χ1) is 8.16. The Labute approximate surface area is 137 Å². The molecule has 20 heavy (non-hydrogen) atoms. The lowest BCUT2D eigenvalue weighted by atomic mass is 10.2. The van der Waals surface area contributed by atoms with E-state index in [1.54, 1.807) is 6.20 Å². The van der Waals surface area contributed by atoms with Gasteiger partial charge in [0.15, 0.2) is 0 Å². The Bertz CT molecular complexity index is 421. The van der Waals surface area contributed by atoms with Gasteiger partial charge in [0, 0.05) is 12.7 Å². The van der Waals surface area contributed by atoms with Crippen LogP contribution in [0.1, 0.15) is 12.0 Å². The molecule has 1 atom stereocenters. The van der Waals surface area contributed by atoms with E-state index in [2.05, 4.69) is 29.3 Å². The molecule has 3 N–H and O–H groups in total. The third-order valence-electron chi connectivity index (χ3n) is 2.68. The van der Waals surface area contributed by atoms with Crippen molar-refractivity contribution in [3.63, 3.8) is 0 Å². The molecule has 0 saturated heterocycles. The molecule has 8 heteroatoms. The summed E-state index contributed by atoms with van der Waals surface area (Å²) in [6.07, 6.45) is 2.81. The maximum absolute atomic E-state index is 5.89. The second kappa shape index (κ2) is 10.1. The molecule has 0 spiro atoms. The van der Waals surface area contributed by atoms with Gasteiger partial charge in [-0.1, -0.05) is 12.2 Å². The van der Waals surface area contributed by atoms with Crippen LogP contribution >= 0.6 is 37.0 Å². The van der Waals surface area contributed by atoms with Gasteiger partial charge in [-0.3, -0.25) is 0 Å². The fraction of sp³-hybridized carbons (Fsp3) is 0.500. The van der Waals surface area contributed by atoms with Crippen LogP contribution in [0.15, 0.2) is 18.3 Å². The first-order valence-electron chi connectivity index (χ1n) is 5.71. The zero-order chi connectivity index (χ0) is 12.3. The van der Waals surface area contributed by atoms with Crippen molar-refractivity contribution < 1.29 is 10.2 Å². The summed E-state index contributed by atoms with van der Waals surface area (Å²) in [5.74, 6) is 0.645. The Morgan fingerprint density at radius 2 is 2.15 bits per heavy atom. The number of hydrogen-bond donors (Lipinski definition) is 1. The van der Waals surface area contributed by atoms with Crippen molar-refractivity contribution in [2.24, 2.45) is 0 Å². The molecule has 1 aromatic heterocycles. The van der Waals surface area contributed by atoms with Gasteiger partial charge in [0.25, 0.3) is 0 Å². The minimum atomic E-state index is 0. The summed E-state index contributed by atoms with van der Waals surface area (Å²) < 4.78 is 5.89. The van der Waals surface area contributed by atoms with Crippen LogP contribution in [0.4, 0.5) is 0 Å². The predicted molar refractivity (Wildman–Crippen MR) is 89.6 cm³/mol. The molecule has 0 aromatic carbocycles. The average molecular weight is 342 g/mol. The zero-order valence-corrected chi connectivity index (χ0v) is 13.9. The van der Waals surface area contributed by atoms with Crippen LogP contribution in [0.5, 0.6) is 5.88 Å². The molecule has 0 amide bonds. The van der Waals surface area contributed by atoms with Crippen LogP contribution in [0.25, 0.3) is 0 Å². The number of hydrogen-bond acceptors (Lipinski definition) is 4. The van der Waals surface area contributed by atoms with E-state index in [0.29, 0.717) is 5.88 Å². The summed E-state index contributed by atoms with van der Waals surface area (Å²) in [5, 5.41) is 3.22. The summed E-state index contributed by atoms with van der Waals surface area (Å²) in [6.45, 7) is 1.73. The number of nitrogens with one attached hydrogen (secondary N) is 1. The standard InChI is InChI=1S/C12H17N3OS.2ClH.H2O/c1-15(2)7-5-9-8-14-12(17)10-4-3-6-13-11(10)16-9;;;/h3-4,6,9H,5,7-8H2,1-2H3,(H,14,17);2*1H;1H2. The van der Waals surface area contributed by atoms with E-state index < -0.39 is 0 Å². The Kier molecular flexibility index (Phi) is 11.0. The molecule has 1 aliphatic heterocycles. The van der Waals surface area contributed by atoms with Gasteiger partial charge < -0.3 is 20.4 Å². The average Bonchev–Trinajstić information content (AvgIpc) is 2.47. The molecule has 0 radical (unpaired) electrons. The molecule has 2 heterocycles. The molecule has 0 aliphatic carbocycles. The molecule has 1 aliphatic rings. The van der Waals surface area contributed by atoms with Crippen molar-refractivity contribution >= 4 is 42.0 Å². The van der Waals surface area contributed by atoms with Crippen molar-refractivity contribution in [1.29, 1.82) is 0 Å². The monoisotopic (exact) mass is 341 g/mol. The largest absolute Gasteiger partial charge is 0.472 e. The van der Waals surface area contributed by atoms with E-state index in [-0.39, 0.29) is 36.4 Å². The number of thiocarbonyl (C=S) groups is 1. The van der Waals surface area contributed by atoms with Gasteiger partial charge in [-0.2, -0.15) is 0 Å². The van der Waals surface area contributed by atoms with Gasteiger partial charge >= 0.3 is 0 Å². The fourth-order valence-corrected chi connectivity index (χ4v) is 1.96. The van der Waals surface area contributed by atoms with E-state index >= 15 is 0 Å². The summed E-state index contributed by atoms with van der Waals surface area (Å²) in [4.78, 5) is 7.11. The fourth-order valence-electron chi connectivity index (χ4n) is 1.72. The van der Waals surface area contributed by atoms with Gasteiger partial charge in [0.2, 0.25) is 5.88 Å². The van der Waals surface area contributed by atoms with E-state index in [9.17, 15) is 0 Å². The minimum absolute atomic E-state index is 0. The van der Waals surface area contributed by atoms with Gasteiger partial charge in [0.05, 0.1) is 12.1 Å². The van der Waals surface area contributed by atoms with Crippen molar-refractivity contribution in [2.75, 3.05) is 27.2 Å².